The highest BCUT2D eigenvalue weighted by Crippen LogP contribution is 2.14. The second kappa shape index (κ2) is 8.49. The van der Waals surface area contributed by atoms with Crippen molar-refractivity contribution in [3.05, 3.63) is 23.5 Å². The van der Waals surface area contributed by atoms with Crippen LogP contribution in [-0.4, -0.2) is 42.9 Å². The Morgan fingerprint density at radius 3 is 2.50 bits per heavy atom. The SMILES string of the molecule is COCc1ncc(C[C@H](NC(=O)OC(C)(C)C)C(=O)OC)cc1N. The van der Waals surface area contributed by atoms with Crippen LogP contribution in [0.3, 0.4) is 0 Å². The normalized spacial score (nSPS) is 12.4. The fourth-order valence-corrected chi connectivity index (χ4v) is 1.95. The molecule has 0 aliphatic rings. The van der Waals surface area contributed by atoms with E-state index < -0.39 is 23.7 Å². The summed E-state index contributed by atoms with van der Waals surface area (Å²) in [7, 11) is 2.80. The number of nitrogen functional groups attached to an aromatic ring is 1. The lowest BCUT2D eigenvalue weighted by atomic mass is 10.1. The summed E-state index contributed by atoms with van der Waals surface area (Å²) in [6.07, 6.45) is 1.06. The van der Waals surface area contributed by atoms with E-state index in [1.807, 2.05) is 0 Å². The number of rotatable bonds is 6. The van der Waals surface area contributed by atoms with Gasteiger partial charge in [0.25, 0.3) is 0 Å². The van der Waals surface area contributed by atoms with Gasteiger partial charge in [-0.15, -0.1) is 0 Å². The molecule has 1 rings (SSSR count). The van der Waals surface area contributed by atoms with Crippen LogP contribution in [0.15, 0.2) is 12.3 Å². The number of alkyl carbamates (subject to hydrolysis) is 1. The Labute approximate surface area is 141 Å². The van der Waals surface area contributed by atoms with Crippen molar-refractivity contribution < 1.29 is 23.8 Å². The van der Waals surface area contributed by atoms with Gasteiger partial charge in [0.15, 0.2) is 0 Å². The molecule has 1 aromatic heterocycles. The zero-order valence-corrected chi connectivity index (χ0v) is 14.7. The summed E-state index contributed by atoms with van der Waals surface area (Å²) in [5, 5.41) is 2.50. The topological polar surface area (TPSA) is 113 Å². The number of carbonyl (C=O) groups excluding carboxylic acids is 2. The van der Waals surface area contributed by atoms with Gasteiger partial charge in [-0.1, -0.05) is 0 Å². The van der Waals surface area contributed by atoms with Gasteiger partial charge in [0, 0.05) is 19.7 Å². The molecule has 134 valence electrons. The molecule has 0 aromatic carbocycles. The predicted octanol–water partition coefficient (Wildman–Crippen LogP) is 1.42. The van der Waals surface area contributed by atoms with Crippen LogP contribution in [-0.2, 0) is 32.0 Å². The van der Waals surface area contributed by atoms with E-state index in [2.05, 4.69) is 10.3 Å². The Kier molecular flexibility index (Phi) is 6.97. The highest BCUT2D eigenvalue weighted by atomic mass is 16.6. The van der Waals surface area contributed by atoms with Gasteiger partial charge >= 0.3 is 12.1 Å². The molecule has 0 aliphatic heterocycles. The van der Waals surface area contributed by atoms with Crippen LogP contribution in [0.2, 0.25) is 0 Å². The number of nitrogens with one attached hydrogen (secondary N) is 1. The third-order valence-electron chi connectivity index (χ3n) is 2.96. The number of carbonyl (C=O) groups is 2. The highest BCUT2D eigenvalue weighted by Gasteiger charge is 2.25. The number of esters is 1. The summed E-state index contributed by atoms with van der Waals surface area (Å²) in [5.74, 6) is -0.583. The largest absolute Gasteiger partial charge is 0.467 e. The van der Waals surface area contributed by atoms with Crippen molar-refractivity contribution in [2.45, 2.75) is 45.4 Å². The Hall–Kier alpha value is -2.35. The first-order chi connectivity index (χ1) is 11.2. The molecule has 0 aliphatic carbocycles. The molecule has 8 nitrogen and oxygen atoms in total. The van der Waals surface area contributed by atoms with Gasteiger partial charge in [-0.05, 0) is 32.4 Å². The van der Waals surface area contributed by atoms with Gasteiger partial charge in [0.2, 0.25) is 0 Å². The number of aromatic nitrogens is 1. The van der Waals surface area contributed by atoms with Crippen LogP contribution < -0.4 is 11.1 Å². The van der Waals surface area contributed by atoms with Crippen LogP contribution in [0.5, 0.6) is 0 Å². The summed E-state index contributed by atoms with van der Waals surface area (Å²) < 4.78 is 14.9. The van der Waals surface area contributed by atoms with Crippen molar-refractivity contribution in [1.82, 2.24) is 10.3 Å². The van der Waals surface area contributed by atoms with E-state index in [9.17, 15) is 9.59 Å². The van der Waals surface area contributed by atoms with Gasteiger partial charge in [0.1, 0.15) is 11.6 Å². The first-order valence-corrected chi connectivity index (χ1v) is 7.46. The number of amides is 1. The van der Waals surface area contributed by atoms with Gasteiger partial charge in [-0.3, -0.25) is 4.98 Å². The molecule has 8 heteroatoms. The summed E-state index contributed by atoms with van der Waals surface area (Å²) in [4.78, 5) is 28.0. The van der Waals surface area contributed by atoms with E-state index in [0.29, 0.717) is 23.6 Å². The Balaban J connectivity index is 2.85. The lowest BCUT2D eigenvalue weighted by Gasteiger charge is -2.22. The Morgan fingerprint density at radius 1 is 1.33 bits per heavy atom. The standard InChI is InChI=1S/C16H25N3O5/c1-16(2,3)24-15(21)19-12(14(20)23-5)7-10-6-11(17)13(9-22-4)18-8-10/h6,8,12H,7,9,17H2,1-5H3,(H,19,21)/t12-/m0/s1. The molecule has 24 heavy (non-hydrogen) atoms. The number of ether oxygens (including phenoxy) is 3. The van der Waals surface area contributed by atoms with Crippen molar-refractivity contribution in [2.24, 2.45) is 0 Å². The van der Waals surface area contributed by atoms with Crippen LogP contribution in [0, 0.1) is 0 Å². The summed E-state index contributed by atoms with van der Waals surface area (Å²) in [5.41, 5.74) is 6.98. The lowest BCUT2D eigenvalue weighted by Crippen LogP contribution is -2.45. The van der Waals surface area contributed by atoms with Crippen LogP contribution in [0.25, 0.3) is 0 Å². The number of nitrogens with zero attached hydrogens (tertiary/aromatic N) is 1. The summed E-state index contributed by atoms with van der Waals surface area (Å²) in [6.45, 7) is 5.50. The molecule has 1 amide bonds. The lowest BCUT2D eigenvalue weighted by molar-refractivity contribution is -0.143. The van der Waals surface area contributed by atoms with E-state index in [0.717, 1.165) is 0 Å². The fourth-order valence-electron chi connectivity index (χ4n) is 1.95. The molecule has 0 fully saturated rings. The third kappa shape index (κ3) is 6.41. The van der Waals surface area contributed by atoms with Gasteiger partial charge in [-0.2, -0.15) is 0 Å². The van der Waals surface area contributed by atoms with E-state index in [1.165, 1.54) is 7.11 Å². The first kappa shape index (κ1) is 19.7. The minimum absolute atomic E-state index is 0.177. The van der Waals surface area contributed by atoms with Crippen molar-refractivity contribution >= 4 is 17.7 Å². The van der Waals surface area contributed by atoms with Gasteiger partial charge in [0.05, 0.1) is 25.1 Å². The van der Waals surface area contributed by atoms with Crippen LogP contribution in [0.4, 0.5) is 10.5 Å². The average molecular weight is 339 g/mol. The van der Waals surface area contributed by atoms with Crippen molar-refractivity contribution in [1.29, 1.82) is 0 Å². The molecule has 1 atom stereocenters. The highest BCUT2D eigenvalue weighted by molar-refractivity contribution is 5.81. The molecular weight excluding hydrogens is 314 g/mol. The third-order valence-corrected chi connectivity index (χ3v) is 2.96. The van der Waals surface area contributed by atoms with E-state index >= 15 is 0 Å². The van der Waals surface area contributed by atoms with Crippen molar-refractivity contribution in [3.8, 4) is 0 Å². The zero-order valence-electron chi connectivity index (χ0n) is 14.7. The molecule has 0 saturated heterocycles. The van der Waals surface area contributed by atoms with Crippen molar-refractivity contribution in [2.75, 3.05) is 20.0 Å². The quantitative estimate of drug-likeness (QED) is 0.754. The second-order valence-corrected chi connectivity index (χ2v) is 6.24. The van der Waals surface area contributed by atoms with E-state index in [-0.39, 0.29) is 6.42 Å². The smallest absolute Gasteiger partial charge is 0.408 e. The molecule has 0 unspecified atom stereocenters. The molecule has 0 radical (unpaired) electrons. The number of hydrogen-bond acceptors (Lipinski definition) is 7. The maximum Gasteiger partial charge on any atom is 0.408 e. The molecular formula is C16H25N3O5. The molecule has 0 spiro atoms. The molecule has 0 saturated carbocycles. The summed E-state index contributed by atoms with van der Waals surface area (Å²) >= 11 is 0. The van der Waals surface area contributed by atoms with Gasteiger partial charge < -0.3 is 25.3 Å². The number of methoxy groups -OCH3 is 2. The van der Waals surface area contributed by atoms with Crippen LogP contribution in [0.1, 0.15) is 32.0 Å². The molecule has 1 heterocycles. The van der Waals surface area contributed by atoms with Gasteiger partial charge in [-0.25, -0.2) is 9.59 Å². The number of nitrogens with two attached hydrogens (primary N) is 1. The minimum Gasteiger partial charge on any atom is -0.467 e. The molecule has 3 N–H and O–H groups in total. The summed E-state index contributed by atoms with van der Waals surface area (Å²) in [6, 6.07) is 0.785. The average Bonchev–Trinajstić information content (AvgIpc) is 2.46. The predicted molar refractivity (Wildman–Crippen MR) is 88.2 cm³/mol. The van der Waals surface area contributed by atoms with Crippen molar-refractivity contribution in [3.63, 3.8) is 0 Å². The molecule has 0 bridgehead atoms. The molecule has 1 aromatic rings. The maximum absolute atomic E-state index is 11.9. The van der Waals surface area contributed by atoms with Crippen LogP contribution >= 0.6 is 0 Å². The fraction of sp³-hybridized carbons (Fsp3) is 0.562. The van der Waals surface area contributed by atoms with E-state index in [1.54, 1.807) is 40.1 Å². The number of hydrogen-bond donors (Lipinski definition) is 2. The number of anilines is 1. The minimum atomic E-state index is -0.903. The second-order valence-electron chi connectivity index (χ2n) is 6.24. The monoisotopic (exact) mass is 339 g/mol. The Bertz CT molecular complexity index is 584. The number of pyridine rings is 1. The zero-order chi connectivity index (χ0) is 18.3. The maximum atomic E-state index is 11.9. The van der Waals surface area contributed by atoms with E-state index in [4.69, 9.17) is 19.9 Å². The first-order valence-electron chi connectivity index (χ1n) is 7.46. The Morgan fingerprint density at radius 2 is 2.00 bits per heavy atom.